The summed E-state index contributed by atoms with van der Waals surface area (Å²) in [6.07, 6.45) is 5.74. The van der Waals surface area contributed by atoms with Crippen molar-refractivity contribution < 1.29 is 4.74 Å². The minimum atomic E-state index is -0.259. The van der Waals surface area contributed by atoms with Gasteiger partial charge in [-0.3, -0.25) is 9.30 Å². The Morgan fingerprint density at radius 2 is 1.43 bits per heavy atom. The maximum Gasteiger partial charge on any atom is 0.145 e. The molecule has 0 saturated carbocycles. The molecule has 0 bridgehead atoms. The van der Waals surface area contributed by atoms with Crippen molar-refractivity contribution in [1.82, 2.24) is 14.4 Å². The summed E-state index contributed by atoms with van der Waals surface area (Å²) < 4.78 is 11.4. The van der Waals surface area contributed by atoms with Crippen LogP contribution in [0.3, 0.4) is 0 Å². The summed E-state index contributed by atoms with van der Waals surface area (Å²) >= 11 is 1.88. The van der Waals surface area contributed by atoms with Gasteiger partial charge < -0.3 is 4.74 Å². The topological polar surface area (TPSA) is 42.7 Å². The molecular formula is C41H28N4OS. The first kappa shape index (κ1) is 26.5. The number of para-hydroxylation sites is 1. The molecule has 0 amide bonds. The average molecular weight is 625 g/mol. The largest absolute Gasteiger partial charge is 0.457 e. The van der Waals surface area contributed by atoms with E-state index in [2.05, 4.69) is 132 Å². The van der Waals surface area contributed by atoms with E-state index in [-0.39, 0.29) is 5.41 Å². The Hall–Kier alpha value is -5.72. The van der Waals surface area contributed by atoms with Gasteiger partial charge >= 0.3 is 0 Å². The standard InChI is InChI=1S/C41H28N4OS/c1-41(2)32-18-15-26(46-25-14-16-27-28-9-3-5-11-33(28)44-22-21-43-40(44)31(27)23-25)24-35(32)45(37-13-7-8-20-42-37)34-19-17-30-29-10-4-6-12-36(29)47-39(30)38(34)41/h3-24H,1-2H3. The molecule has 0 saturated heterocycles. The number of benzene rings is 5. The first-order chi connectivity index (χ1) is 23.1. The van der Waals surface area contributed by atoms with Gasteiger partial charge in [-0.15, -0.1) is 11.3 Å². The van der Waals surface area contributed by atoms with Crippen molar-refractivity contribution in [1.29, 1.82) is 0 Å². The fourth-order valence-corrected chi connectivity index (χ4v) is 9.01. The zero-order valence-electron chi connectivity index (χ0n) is 25.8. The van der Waals surface area contributed by atoms with E-state index >= 15 is 0 Å². The molecular weight excluding hydrogens is 597 g/mol. The van der Waals surface area contributed by atoms with Gasteiger partial charge in [-0.2, -0.15) is 0 Å². The van der Waals surface area contributed by atoms with Crippen molar-refractivity contribution in [2.24, 2.45) is 0 Å². The highest BCUT2D eigenvalue weighted by Gasteiger charge is 2.39. The number of thiophene rings is 1. The van der Waals surface area contributed by atoms with E-state index in [1.165, 1.54) is 36.7 Å². The third kappa shape index (κ3) is 3.76. The van der Waals surface area contributed by atoms with E-state index in [1.54, 1.807) is 0 Å². The SMILES string of the molecule is CC1(C)c2ccc(Oc3ccc4c5ccccc5n5ccnc5c4c3)cc2N(c2ccccn2)c2ccc3c(sc4ccccc43)c21. The zero-order chi connectivity index (χ0) is 31.3. The molecule has 1 aliphatic heterocycles. The molecule has 0 spiro atoms. The van der Waals surface area contributed by atoms with Gasteiger partial charge in [0, 0.05) is 66.6 Å². The highest BCUT2D eigenvalue weighted by Crippen LogP contribution is 2.56. The van der Waals surface area contributed by atoms with Gasteiger partial charge in [0.05, 0.1) is 16.9 Å². The molecule has 5 nitrogen and oxygen atoms in total. The van der Waals surface area contributed by atoms with Crippen molar-refractivity contribution >= 4 is 76.0 Å². The predicted octanol–water partition coefficient (Wildman–Crippen LogP) is 11.3. The van der Waals surface area contributed by atoms with Crippen LogP contribution in [-0.2, 0) is 5.41 Å². The van der Waals surface area contributed by atoms with Crippen LogP contribution < -0.4 is 9.64 Å². The molecule has 6 heteroatoms. The summed E-state index contributed by atoms with van der Waals surface area (Å²) in [6.45, 7) is 4.68. The minimum Gasteiger partial charge on any atom is -0.457 e. The lowest BCUT2D eigenvalue weighted by Gasteiger charge is -2.41. The lowest BCUT2D eigenvalue weighted by Crippen LogP contribution is -2.31. The Labute approximate surface area is 274 Å². The summed E-state index contributed by atoms with van der Waals surface area (Å²) in [5, 5.41) is 6.01. The van der Waals surface area contributed by atoms with E-state index in [1.807, 2.05) is 36.0 Å². The molecule has 5 heterocycles. The quantitative estimate of drug-likeness (QED) is 0.183. The molecule has 4 aromatic heterocycles. The highest BCUT2D eigenvalue weighted by atomic mass is 32.1. The molecule has 0 aliphatic carbocycles. The van der Waals surface area contributed by atoms with E-state index in [0.29, 0.717) is 0 Å². The Morgan fingerprint density at radius 1 is 0.638 bits per heavy atom. The number of hydrogen-bond donors (Lipinski definition) is 0. The minimum absolute atomic E-state index is 0.259. The number of rotatable bonds is 3. The molecule has 0 N–H and O–H groups in total. The lowest BCUT2D eigenvalue weighted by molar-refractivity contribution is 0.482. The highest BCUT2D eigenvalue weighted by molar-refractivity contribution is 7.26. The molecule has 0 atom stereocenters. The molecule has 5 aromatic carbocycles. The smallest absolute Gasteiger partial charge is 0.145 e. The second kappa shape index (κ2) is 9.64. The second-order valence-electron chi connectivity index (χ2n) is 12.7. The Morgan fingerprint density at radius 3 is 2.32 bits per heavy atom. The van der Waals surface area contributed by atoms with Crippen molar-refractivity contribution in [3.05, 3.63) is 145 Å². The summed E-state index contributed by atoms with van der Waals surface area (Å²) in [5.41, 5.74) is 6.58. The van der Waals surface area contributed by atoms with Gasteiger partial charge in [0.25, 0.3) is 0 Å². The number of aromatic nitrogens is 3. The first-order valence-electron chi connectivity index (χ1n) is 15.8. The van der Waals surface area contributed by atoms with E-state index in [0.717, 1.165) is 50.6 Å². The number of anilines is 3. The molecule has 1 aliphatic rings. The molecule has 47 heavy (non-hydrogen) atoms. The molecule has 224 valence electrons. The first-order valence-corrected chi connectivity index (χ1v) is 16.6. The number of pyridine rings is 2. The van der Waals surface area contributed by atoms with E-state index in [9.17, 15) is 0 Å². The van der Waals surface area contributed by atoms with Crippen molar-refractivity contribution in [3.63, 3.8) is 0 Å². The van der Waals surface area contributed by atoms with Crippen LogP contribution in [0.15, 0.2) is 134 Å². The van der Waals surface area contributed by atoms with E-state index < -0.39 is 0 Å². The number of hydrogen-bond acceptors (Lipinski definition) is 5. The second-order valence-corrected chi connectivity index (χ2v) is 13.8. The zero-order valence-corrected chi connectivity index (χ0v) is 26.6. The van der Waals surface area contributed by atoms with Gasteiger partial charge in [0.1, 0.15) is 23.0 Å². The van der Waals surface area contributed by atoms with Crippen LogP contribution >= 0.6 is 11.3 Å². The summed E-state index contributed by atoms with van der Waals surface area (Å²) in [4.78, 5) is 11.9. The molecule has 9 aromatic rings. The third-order valence-electron chi connectivity index (χ3n) is 9.71. The van der Waals surface area contributed by atoms with Crippen molar-refractivity contribution in [3.8, 4) is 11.5 Å². The molecule has 0 unspecified atom stereocenters. The number of ether oxygens (including phenoxy) is 1. The maximum atomic E-state index is 6.66. The Kier molecular flexibility index (Phi) is 5.44. The third-order valence-corrected chi connectivity index (χ3v) is 10.9. The van der Waals surface area contributed by atoms with Crippen LogP contribution in [0.1, 0.15) is 25.0 Å². The van der Waals surface area contributed by atoms with Crippen LogP contribution in [0.5, 0.6) is 11.5 Å². The van der Waals surface area contributed by atoms with Crippen LogP contribution in [0.4, 0.5) is 17.2 Å². The number of nitrogens with zero attached hydrogens (tertiary/aromatic N) is 4. The fraction of sp³-hybridized carbons (Fsp3) is 0.0732. The van der Waals surface area contributed by atoms with Crippen molar-refractivity contribution in [2.45, 2.75) is 19.3 Å². The summed E-state index contributed by atoms with van der Waals surface area (Å²) in [6, 6.07) is 40.6. The van der Waals surface area contributed by atoms with Gasteiger partial charge in [-0.25, -0.2) is 9.97 Å². The molecule has 0 fully saturated rings. The number of imidazole rings is 1. The van der Waals surface area contributed by atoms with Crippen LogP contribution in [0.2, 0.25) is 0 Å². The van der Waals surface area contributed by atoms with Gasteiger partial charge in [0.2, 0.25) is 0 Å². The fourth-order valence-electron chi connectivity index (χ4n) is 7.61. The van der Waals surface area contributed by atoms with Gasteiger partial charge in [0.15, 0.2) is 0 Å². The van der Waals surface area contributed by atoms with Crippen molar-refractivity contribution in [2.75, 3.05) is 4.90 Å². The summed E-state index contributed by atoms with van der Waals surface area (Å²) in [7, 11) is 0. The Bertz CT molecular complexity index is 2710. The number of fused-ring (bicyclic) bond motifs is 12. The van der Waals surface area contributed by atoms with Crippen LogP contribution in [0.25, 0.3) is 47.5 Å². The average Bonchev–Trinajstić information content (AvgIpc) is 3.74. The van der Waals surface area contributed by atoms with Gasteiger partial charge in [-0.1, -0.05) is 68.4 Å². The van der Waals surface area contributed by atoms with Crippen LogP contribution in [0, 0.1) is 0 Å². The predicted molar refractivity (Wildman–Crippen MR) is 194 cm³/mol. The Balaban J connectivity index is 1.14. The summed E-state index contributed by atoms with van der Waals surface area (Å²) in [5.74, 6) is 2.42. The van der Waals surface area contributed by atoms with Crippen LogP contribution in [-0.4, -0.2) is 14.4 Å². The normalized spacial score (nSPS) is 13.9. The van der Waals surface area contributed by atoms with Gasteiger partial charge in [-0.05, 0) is 65.5 Å². The monoisotopic (exact) mass is 624 g/mol. The van der Waals surface area contributed by atoms with E-state index in [4.69, 9.17) is 14.7 Å². The maximum absolute atomic E-state index is 6.66. The lowest BCUT2D eigenvalue weighted by atomic mass is 9.73. The molecule has 0 radical (unpaired) electrons. The molecule has 10 rings (SSSR count).